The number of thiophene rings is 1. The molecule has 0 radical (unpaired) electrons. The van der Waals surface area contributed by atoms with Gasteiger partial charge in [-0.1, -0.05) is 6.92 Å². The Kier molecular flexibility index (Phi) is 7.38. The predicted molar refractivity (Wildman–Crippen MR) is 109 cm³/mol. The summed E-state index contributed by atoms with van der Waals surface area (Å²) in [5.41, 5.74) is 2.34. The number of hydrogen-bond acceptors (Lipinski definition) is 5. The standard InChI is InChI=1S/C21H29N3O2S/c1-3-19-17(2)15-20(27-19)21(25)24(16-18-5-7-22-8-6-18)10-4-9-23-11-13-26-14-12-23/h5-8,15H,3-4,9-14,16H2,1-2H3. The summed E-state index contributed by atoms with van der Waals surface area (Å²) in [5.74, 6) is 0.140. The van der Waals surface area contributed by atoms with E-state index in [1.165, 1.54) is 10.4 Å². The van der Waals surface area contributed by atoms with E-state index in [-0.39, 0.29) is 5.91 Å². The van der Waals surface area contributed by atoms with Crippen LogP contribution in [0.3, 0.4) is 0 Å². The average molecular weight is 388 g/mol. The quantitative estimate of drug-likeness (QED) is 0.697. The molecule has 0 spiro atoms. The molecule has 1 saturated heterocycles. The Labute approximate surface area is 166 Å². The second kappa shape index (κ2) is 9.97. The lowest BCUT2D eigenvalue weighted by atomic mass is 10.2. The zero-order valence-electron chi connectivity index (χ0n) is 16.3. The molecule has 3 rings (SSSR count). The van der Waals surface area contributed by atoms with Gasteiger partial charge in [-0.2, -0.15) is 0 Å². The van der Waals surface area contributed by atoms with Gasteiger partial charge in [0.25, 0.3) is 5.91 Å². The van der Waals surface area contributed by atoms with Crippen LogP contribution in [0.15, 0.2) is 30.6 Å². The number of aryl methyl sites for hydroxylation is 2. The van der Waals surface area contributed by atoms with Crippen molar-refractivity contribution in [2.75, 3.05) is 39.4 Å². The van der Waals surface area contributed by atoms with Gasteiger partial charge in [-0.25, -0.2) is 0 Å². The van der Waals surface area contributed by atoms with E-state index in [1.54, 1.807) is 23.7 Å². The second-order valence-electron chi connectivity index (χ2n) is 6.96. The highest BCUT2D eigenvalue weighted by molar-refractivity contribution is 7.14. The van der Waals surface area contributed by atoms with E-state index in [2.05, 4.69) is 23.7 Å². The summed E-state index contributed by atoms with van der Waals surface area (Å²) in [7, 11) is 0. The molecular formula is C21H29N3O2S. The largest absolute Gasteiger partial charge is 0.379 e. The van der Waals surface area contributed by atoms with Crippen LogP contribution in [-0.2, 0) is 17.7 Å². The summed E-state index contributed by atoms with van der Waals surface area (Å²) in [6.45, 7) is 10.2. The van der Waals surface area contributed by atoms with Crippen LogP contribution in [0.4, 0.5) is 0 Å². The lowest BCUT2D eigenvalue weighted by Gasteiger charge is -2.28. The number of hydrogen-bond donors (Lipinski definition) is 0. The van der Waals surface area contributed by atoms with Crippen molar-refractivity contribution in [1.29, 1.82) is 0 Å². The normalized spacial score (nSPS) is 15.0. The molecule has 0 unspecified atom stereocenters. The van der Waals surface area contributed by atoms with E-state index < -0.39 is 0 Å². The lowest BCUT2D eigenvalue weighted by molar-refractivity contribution is 0.0356. The Morgan fingerprint density at radius 1 is 1.30 bits per heavy atom. The Morgan fingerprint density at radius 3 is 2.70 bits per heavy atom. The predicted octanol–water partition coefficient (Wildman–Crippen LogP) is 3.38. The summed E-state index contributed by atoms with van der Waals surface area (Å²) < 4.78 is 5.42. The van der Waals surface area contributed by atoms with Crippen molar-refractivity contribution in [2.45, 2.75) is 33.2 Å². The van der Waals surface area contributed by atoms with Gasteiger partial charge in [0.15, 0.2) is 0 Å². The summed E-state index contributed by atoms with van der Waals surface area (Å²) in [4.78, 5) is 23.8. The molecule has 2 aromatic rings. The number of carbonyl (C=O) groups excluding carboxylic acids is 1. The highest BCUT2D eigenvalue weighted by Gasteiger charge is 2.20. The van der Waals surface area contributed by atoms with Gasteiger partial charge in [-0.05, 0) is 49.1 Å². The van der Waals surface area contributed by atoms with Gasteiger partial charge in [0.05, 0.1) is 18.1 Å². The van der Waals surface area contributed by atoms with Gasteiger partial charge < -0.3 is 9.64 Å². The fourth-order valence-electron chi connectivity index (χ4n) is 3.40. The molecule has 1 amide bonds. The first-order chi connectivity index (χ1) is 13.2. The van der Waals surface area contributed by atoms with Gasteiger partial charge in [-0.3, -0.25) is 14.7 Å². The molecule has 1 aliphatic heterocycles. The van der Waals surface area contributed by atoms with E-state index in [9.17, 15) is 4.79 Å². The molecule has 5 nitrogen and oxygen atoms in total. The maximum absolute atomic E-state index is 13.2. The molecule has 0 saturated carbocycles. The molecule has 0 bridgehead atoms. The van der Waals surface area contributed by atoms with Crippen molar-refractivity contribution in [2.24, 2.45) is 0 Å². The molecule has 0 N–H and O–H groups in total. The number of carbonyl (C=O) groups is 1. The maximum atomic E-state index is 13.2. The maximum Gasteiger partial charge on any atom is 0.264 e. The zero-order chi connectivity index (χ0) is 19.1. The Morgan fingerprint density at radius 2 is 2.04 bits per heavy atom. The minimum atomic E-state index is 0.140. The topological polar surface area (TPSA) is 45.7 Å². The molecular weight excluding hydrogens is 358 g/mol. The first kappa shape index (κ1) is 20.0. The number of nitrogens with zero attached hydrogens (tertiary/aromatic N) is 3. The van der Waals surface area contributed by atoms with Crippen LogP contribution in [0, 0.1) is 6.92 Å². The second-order valence-corrected chi connectivity index (χ2v) is 8.10. The van der Waals surface area contributed by atoms with Gasteiger partial charge in [0.1, 0.15) is 0 Å². The number of ether oxygens (including phenoxy) is 1. The fraction of sp³-hybridized carbons (Fsp3) is 0.524. The van der Waals surface area contributed by atoms with Crippen LogP contribution < -0.4 is 0 Å². The summed E-state index contributed by atoms with van der Waals surface area (Å²) in [6.07, 6.45) is 5.53. The zero-order valence-corrected chi connectivity index (χ0v) is 17.1. The third kappa shape index (κ3) is 5.61. The molecule has 0 atom stereocenters. The van der Waals surface area contributed by atoms with Crippen molar-refractivity contribution in [3.05, 3.63) is 51.5 Å². The molecule has 6 heteroatoms. The molecule has 0 aliphatic carbocycles. The molecule has 27 heavy (non-hydrogen) atoms. The van der Waals surface area contributed by atoms with Crippen molar-refractivity contribution in [1.82, 2.24) is 14.8 Å². The fourth-order valence-corrected chi connectivity index (χ4v) is 4.48. The third-order valence-electron chi connectivity index (χ3n) is 4.97. The molecule has 0 aromatic carbocycles. The molecule has 2 aromatic heterocycles. The first-order valence-electron chi connectivity index (χ1n) is 9.75. The Bertz CT molecular complexity index is 726. The minimum absolute atomic E-state index is 0.140. The monoisotopic (exact) mass is 387 g/mol. The van der Waals surface area contributed by atoms with E-state index in [0.29, 0.717) is 6.54 Å². The van der Waals surface area contributed by atoms with Crippen LogP contribution in [0.1, 0.15) is 39.0 Å². The van der Waals surface area contributed by atoms with Crippen molar-refractivity contribution in [3.8, 4) is 0 Å². The SMILES string of the molecule is CCc1sc(C(=O)N(CCCN2CCOCC2)Cc2ccncc2)cc1C. The summed E-state index contributed by atoms with van der Waals surface area (Å²) >= 11 is 1.64. The number of rotatable bonds is 8. The van der Waals surface area contributed by atoms with Crippen molar-refractivity contribution in [3.63, 3.8) is 0 Å². The minimum Gasteiger partial charge on any atom is -0.379 e. The molecule has 1 fully saturated rings. The van der Waals surface area contributed by atoms with Crippen molar-refractivity contribution >= 4 is 17.2 Å². The van der Waals surface area contributed by atoms with Crippen molar-refractivity contribution < 1.29 is 9.53 Å². The Balaban J connectivity index is 1.67. The highest BCUT2D eigenvalue weighted by atomic mass is 32.1. The van der Waals surface area contributed by atoms with Gasteiger partial charge in [0, 0.05) is 50.0 Å². The van der Waals surface area contributed by atoms with Crippen LogP contribution in [0.25, 0.3) is 0 Å². The van der Waals surface area contributed by atoms with Crippen LogP contribution in [-0.4, -0.2) is 60.1 Å². The van der Waals surface area contributed by atoms with Crippen LogP contribution in [0.2, 0.25) is 0 Å². The van der Waals surface area contributed by atoms with Gasteiger partial charge in [0.2, 0.25) is 0 Å². The number of pyridine rings is 1. The van der Waals surface area contributed by atoms with Gasteiger partial charge in [-0.15, -0.1) is 11.3 Å². The molecule has 1 aliphatic rings. The van der Waals surface area contributed by atoms with E-state index >= 15 is 0 Å². The van der Waals surface area contributed by atoms with Gasteiger partial charge >= 0.3 is 0 Å². The first-order valence-corrected chi connectivity index (χ1v) is 10.6. The lowest BCUT2D eigenvalue weighted by Crippen LogP contribution is -2.39. The van der Waals surface area contributed by atoms with Crippen LogP contribution >= 0.6 is 11.3 Å². The molecule has 3 heterocycles. The smallest absolute Gasteiger partial charge is 0.264 e. The number of amides is 1. The Hall–Kier alpha value is -1.76. The van der Waals surface area contributed by atoms with E-state index in [0.717, 1.165) is 62.7 Å². The van der Waals surface area contributed by atoms with Crippen LogP contribution in [0.5, 0.6) is 0 Å². The number of aromatic nitrogens is 1. The third-order valence-corrected chi connectivity index (χ3v) is 6.34. The number of morpholine rings is 1. The molecule has 146 valence electrons. The summed E-state index contributed by atoms with van der Waals surface area (Å²) in [6, 6.07) is 6.02. The van der Waals surface area contributed by atoms with E-state index in [4.69, 9.17) is 4.74 Å². The summed E-state index contributed by atoms with van der Waals surface area (Å²) in [5, 5.41) is 0. The van der Waals surface area contributed by atoms with E-state index in [1.807, 2.05) is 23.1 Å². The average Bonchev–Trinajstić information content (AvgIpc) is 3.09. The highest BCUT2D eigenvalue weighted by Crippen LogP contribution is 2.24.